The van der Waals surface area contributed by atoms with Gasteiger partial charge >= 0.3 is 11.9 Å². The molecule has 40 heavy (non-hydrogen) atoms. The molecule has 0 bridgehead atoms. The van der Waals surface area contributed by atoms with E-state index in [9.17, 15) is 9.59 Å². The Balaban J connectivity index is 3.92. The minimum atomic E-state index is -0.422. The van der Waals surface area contributed by atoms with Crippen molar-refractivity contribution in [3.05, 3.63) is 0 Å². The van der Waals surface area contributed by atoms with Crippen LogP contribution >= 0.6 is 0 Å². The summed E-state index contributed by atoms with van der Waals surface area (Å²) < 4.78 is 11.9. The van der Waals surface area contributed by atoms with Crippen LogP contribution in [0.5, 0.6) is 0 Å². The maximum absolute atomic E-state index is 12.5. The Morgan fingerprint density at radius 3 is 1.30 bits per heavy atom. The average molecular weight is 569 g/mol. The third-order valence-corrected chi connectivity index (χ3v) is 7.69. The van der Waals surface area contributed by atoms with Crippen molar-refractivity contribution in [1.29, 1.82) is 0 Å². The van der Waals surface area contributed by atoms with Crippen LogP contribution in [0.4, 0.5) is 0 Å². The quantitative estimate of drug-likeness (QED) is 0.0491. The maximum atomic E-state index is 12.5. The summed E-state index contributed by atoms with van der Waals surface area (Å²) in [6.07, 6.45) is 29.5. The van der Waals surface area contributed by atoms with E-state index in [1.165, 1.54) is 122 Å². The number of esters is 2. The van der Waals surface area contributed by atoms with Gasteiger partial charge in [-0.25, -0.2) is 0 Å². The van der Waals surface area contributed by atoms with Crippen LogP contribution in [-0.2, 0) is 19.1 Å². The van der Waals surface area contributed by atoms with Crippen LogP contribution in [0.15, 0.2) is 0 Å². The van der Waals surface area contributed by atoms with Gasteiger partial charge in [0.05, 0.1) is 34.2 Å². The first kappa shape index (κ1) is 38.9. The Kier molecular flexibility index (Phi) is 27.3. The topological polar surface area (TPSA) is 52.6 Å². The fourth-order valence-corrected chi connectivity index (χ4v) is 5.31. The Hall–Kier alpha value is -1.10. The predicted molar refractivity (Wildman–Crippen MR) is 171 cm³/mol. The molecule has 0 fully saturated rings. The van der Waals surface area contributed by atoms with Gasteiger partial charge in [-0.05, 0) is 12.8 Å². The van der Waals surface area contributed by atoms with E-state index < -0.39 is 6.10 Å². The monoisotopic (exact) mass is 569 g/mol. The van der Waals surface area contributed by atoms with Crippen molar-refractivity contribution in [1.82, 2.24) is 0 Å². The molecule has 0 aliphatic rings. The Labute approximate surface area is 250 Å². The molecular formula is C35H70NO4+. The molecule has 5 nitrogen and oxygen atoms in total. The number of likely N-dealkylation sites (N-methyl/N-ethyl adjacent to an activating group) is 1. The standard InChI is InChI=1S/C35H70NO4/c1-6-8-10-12-14-16-18-19-21-23-25-27-29-34(37)40-33(32-36(3,4)5)31-35(38)39-30-28-26-24-22-20-17-15-13-11-9-7-2/h33H,6-32H2,1-5H3/q+1. The molecule has 0 heterocycles. The van der Waals surface area contributed by atoms with Crippen LogP contribution in [0.25, 0.3) is 0 Å². The molecule has 0 aliphatic carbocycles. The molecule has 0 amide bonds. The van der Waals surface area contributed by atoms with Crippen molar-refractivity contribution in [3.8, 4) is 0 Å². The third-order valence-electron chi connectivity index (χ3n) is 7.69. The van der Waals surface area contributed by atoms with Crippen LogP contribution in [-0.4, -0.2) is 56.8 Å². The summed E-state index contributed by atoms with van der Waals surface area (Å²) in [5.74, 6) is -0.424. The zero-order chi connectivity index (χ0) is 29.7. The van der Waals surface area contributed by atoms with Gasteiger partial charge in [-0.15, -0.1) is 0 Å². The summed E-state index contributed by atoms with van der Waals surface area (Å²) in [6, 6.07) is 0. The lowest BCUT2D eigenvalue weighted by atomic mass is 10.0. The van der Waals surface area contributed by atoms with Gasteiger partial charge in [0.25, 0.3) is 0 Å². The molecule has 0 aliphatic heterocycles. The zero-order valence-corrected chi connectivity index (χ0v) is 27.7. The lowest BCUT2D eigenvalue weighted by molar-refractivity contribution is -0.873. The molecule has 0 rings (SSSR count). The van der Waals surface area contributed by atoms with Crippen molar-refractivity contribution < 1.29 is 23.5 Å². The second-order valence-corrected chi connectivity index (χ2v) is 13.2. The van der Waals surface area contributed by atoms with Gasteiger partial charge in [-0.2, -0.15) is 0 Å². The number of ether oxygens (including phenoxy) is 2. The highest BCUT2D eigenvalue weighted by Crippen LogP contribution is 2.15. The minimum absolute atomic E-state index is 0.151. The number of unbranched alkanes of at least 4 members (excludes halogenated alkanes) is 21. The number of quaternary nitrogens is 1. The van der Waals surface area contributed by atoms with Crippen LogP contribution < -0.4 is 0 Å². The van der Waals surface area contributed by atoms with Gasteiger partial charge in [-0.1, -0.05) is 149 Å². The van der Waals surface area contributed by atoms with Crippen molar-refractivity contribution in [3.63, 3.8) is 0 Å². The fraction of sp³-hybridized carbons (Fsp3) is 0.943. The first-order valence-electron chi connectivity index (χ1n) is 17.4. The van der Waals surface area contributed by atoms with E-state index in [2.05, 4.69) is 35.0 Å². The normalized spacial score (nSPS) is 12.4. The molecule has 0 aromatic carbocycles. The zero-order valence-electron chi connectivity index (χ0n) is 27.7. The first-order chi connectivity index (χ1) is 19.3. The molecule has 0 N–H and O–H groups in total. The van der Waals surface area contributed by atoms with Crippen molar-refractivity contribution in [2.75, 3.05) is 34.3 Å². The van der Waals surface area contributed by atoms with Gasteiger partial charge in [0.15, 0.2) is 6.10 Å². The second-order valence-electron chi connectivity index (χ2n) is 13.2. The highest BCUT2D eigenvalue weighted by molar-refractivity contribution is 5.72. The molecule has 0 spiro atoms. The molecule has 0 aromatic heterocycles. The Bertz CT molecular complexity index is 530. The van der Waals surface area contributed by atoms with Gasteiger partial charge < -0.3 is 14.0 Å². The van der Waals surface area contributed by atoms with Crippen LogP contribution in [0.3, 0.4) is 0 Å². The molecule has 0 radical (unpaired) electrons. The lowest BCUT2D eigenvalue weighted by Crippen LogP contribution is -2.44. The molecule has 1 atom stereocenters. The Morgan fingerprint density at radius 1 is 0.525 bits per heavy atom. The van der Waals surface area contributed by atoms with Crippen LogP contribution in [0.1, 0.15) is 174 Å². The van der Waals surface area contributed by atoms with Crippen molar-refractivity contribution in [2.45, 2.75) is 180 Å². The molecule has 5 heteroatoms. The summed E-state index contributed by atoms with van der Waals surface area (Å²) in [4.78, 5) is 24.9. The molecular weight excluding hydrogens is 498 g/mol. The summed E-state index contributed by atoms with van der Waals surface area (Å²) in [5.41, 5.74) is 0. The van der Waals surface area contributed by atoms with Gasteiger partial charge in [0, 0.05) is 6.42 Å². The van der Waals surface area contributed by atoms with Crippen LogP contribution in [0.2, 0.25) is 0 Å². The SMILES string of the molecule is CCCCCCCCCCCCCCC(=O)OC(CC(=O)OCCCCCCCCCCCCC)C[N+](C)(C)C. The number of nitrogens with zero attached hydrogens (tertiary/aromatic N) is 1. The van der Waals surface area contributed by atoms with Gasteiger partial charge in [-0.3, -0.25) is 9.59 Å². The highest BCUT2D eigenvalue weighted by Gasteiger charge is 2.25. The third kappa shape index (κ3) is 29.9. The summed E-state index contributed by atoms with van der Waals surface area (Å²) >= 11 is 0. The highest BCUT2D eigenvalue weighted by atomic mass is 16.6. The molecule has 0 saturated carbocycles. The van der Waals surface area contributed by atoms with Gasteiger partial charge in [0.1, 0.15) is 6.54 Å². The minimum Gasteiger partial charge on any atom is -0.466 e. The van der Waals surface area contributed by atoms with E-state index in [0.29, 0.717) is 24.1 Å². The smallest absolute Gasteiger partial charge is 0.309 e. The molecule has 0 aromatic rings. The number of hydrogen-bond acceptors (Lipinski definition) is 4. The van der Waals surface area contributed by atoms with Crippen molar-refractivity contribution >= 4 is 11.9 Å². The Morgan fingerprint density at radius 2 is 0.900 bits per heavy atom. The second kappa shape index (κ2) is 28.0. The largest absolute Gasteiger partial charge is 0.466 e. The fourth-order valence-electron chi connectivity index (χ4n) is 5.31. The summed E-state index contributed by atoms with van der Waals surface area (Å²) in [6.45, 7) is 5.61. The first-order valence-corrected chi connectivity index (χ1v) is 17.4. The van der Waals surface area contributed by atoms with Crippen LogP contribution in [0, 0.1) is 0 Å². The van der Waals surface area contributed by atoms with E-state index in [1.807, 2.05) is 0 Å². The van der Waals surface area contributed by atoms with Crippen molar-refractivity contribution in [2.24, 2.45) is 0 Å². The average Bonchev–Trinajstić information content (AvgIpc) is 2.89. The molecule has 238 valence electrons. The summed E-state index contributed by atoms with van der Waals surface area (Å²) in [5, 5.41) is 0. The molecule has 0 saturated heterocycles. The molecule has 1 unspecified atom stereocenters. The van der Waals surface area contributed by atoms with E-state index in [4.69, 9.17) is 9.47 Å². The maximum Gasteiger partial charge on any atom is 0.309 e. The van der Waals surface area contributed by atoms with E-state index in [-0.39, 0.29) is 18.4 Å². The van der Waals surface area contributed by atoms with E-state index >= 15 is 0 Å². The number of rotatable bonds is 30. The number of hydrogen-bond donors (Lipinski definition) is 0. The summed E-state index contributed by atoms with van der Waals surface area (Å²) in [7, 11) is 6.17. The van der Waals surface area contributed by atoms with E-state index in [0.717, 1.165) is 25.7 Å². The number of carbonyl (C=O) groups excluding carboxylic acids is 2. The van der Waals surface area contributed by atoms with E-state index in [1.54, 1.807) is 0 Å². The lowest BCUT2D eigenvalue weighted by Gasteiger charge is -2.28. The predicted octanol–water partition coefficient (Wildman–Crippen LogP) is 9.94. The van der Waals surface area contributed by atoms with Gasteiger partial charge in [0.2, 0.25) is 0 Å². The number of carbonyl (C=O) groups is 2.